The molecule has 3 nitrogen and oxygen atoms in total. The normalized spacial score (nSPS) is 16.4. The molecule has 0 fully saturated rings. The van der Waals surface area contributed by atoms with E-state index in [2.05, 4.69) is 10.3 Å². The van der Waals surface area contributed by atoms with Crippen molar-refractivity contribution in [1.29, 1.82) is 0 Å². The second kappa shape index (κ2) is 5.40. The van der Waals surface area contributed by atoms with E-state index in [1.165, 1.54) is 11.3 Å². The molecular weight excluding hydrogens is 315 g/mol. The van der Waals surface area contributed by atoms with Gasteiger partial charge in [-0.3, -0.25) is 4.79 Å². The molecule has 3 rings (SSSR count). The van der Waals surface area contributed by atoms with Gasteiger partial charge in [-0.2, -0.15) is 0 Å². The van der Waals surface area contributed by atoms with Crippen molar-refractivity contribution in [1.82, 2.24) is 5.32 Å². The second-order valence-corrected chi connectivity index (χ2v) is 5.88. The van der Waals surface area contributed by atoms with Crippen LogP contribution in [0, 0.1) is 0 Å². The number of thiophene rings is 1. The number of carbonyl (C=O) groups excluding carboxylic acids is 1. The van der Waals surface area contributed by atoms with Crippen molar-refractivity contribution in [3.8, 4) is 0 Å². The van der Waals surface area contributed by atoms with Crippen LogP contribution in [0.1, 0.15) is 10.4 Å². The standard InChI is InChI=1S/C14H8Cl2N2OS/c15-9-4-3-8(10(16)7-9)6-11-14(19)18-13(17-11)12-2-1-5-20-12/h1-7H,(H,17,18,19)/b11-6-. The summed E-state index contributed by atoms with van der Waals surface area (Å²) < 4.78 is 0. The van der Waals surface area contributed by atoms with Crippen LogP contribution >= 0.6 is 34.5 Å². The average Bonchev–Trinajstić information content (AvgIpc) is 3.03. The molecule has 1 aliphatic heterocycles. The van der Waals surface area contributed by atoms with E-state index in [1.807, 2.05) is 17.5 Å². The lowest BCUT2D eigenvalue weighted by Gasteiger charge is -1.99. The van der Waals surface area contributed by atoms with E-state index in [9.17, 15) is 4.79 Å². The highest BCUT2D eigenvalue weighted by molar-refractivity contribution is 7.12. The maximum atomic E-state index is 11.9. The fourth-order valence-electron chi connectivity index (χ4n) is 1.76. The molecule has 1 N–H and O–H groups in total. The Hall–Kier alpha value is -1.62. The van der Waals surface area contributed by atoms with Crippen LogP contribution in [-0.4, -0.2) is 11.7 Å². The van der Waals surface area contributed by atoms with E-state index in [0.717, 1.165) is 4.88 Å². The first-order valence-corrected chi connectivity index (χ1v) is 7.38. The van der Waals surface area contributed by atoms with E-state index < -0.39 is 0 Å². The van der Waals surface area contributed by atoms with Crippen molar-refractivity contribution >= 4 is 52.4 Å². The molecule has 0 atom stereocenters. The molecule has 0 saturated carbocycles. The van der Waals surface area contributed by atoms with Crippen molar-refractivity contribution in [3.63, 3.8) is 0 Å². The van der Waals surface area contributed by atoms with Gasteiger partial charge in [0.2, 0.25) is 0 Å². The van der Waals surface area contributed by atoms with Gasteiger partial charge in [0.15, 0.2) is 5.84 Å². The minimum atomic E-state index is -0.237. The summed E-state index contributed by atoms with van der Waals surface area (Å²) in [6.45, 7) is 0. The van der Waals surface area contributed by atoms with Gasteiger partial charge in [-0.1, -0.05) is 35.3 Å². The molecule has 1 aliphatic rings. The van der Waals surface area contributed by atoms with E-state index >= 15 is 0 Å². The highest BCUT2D eigenvalue weighted by Crippen LogP contribution is 2.24. The van der Waals surface area contributed by atoms with Crippen LogP contribution in [0.5, 0.6) is 0 Å². The summed E-state index contributed by atoms with van der Waals surface area (Å²) >= 11 is 13.4. The fraction of sp³-hybridized carbons (Fsp3) is 0. The monoisotopic (exact) mass is 322 g/mol. The number of halogens is 2. The van der Waals surface area contributed by atoms with Gasteiger partial charge in [0.25, 0.3) is 5.91 Å². The van der Waals surface area contributed by atoms with Crippen molar-refractivity contribution in [2.24, 2.45) is 4.99 Å². The summed E-state index contributed by atoms with van der Waals surface area (Å²) in [4.78, 5) is 17.1. The highest BCUT2D eigenvalue weighted by atomic mass is 35.5. The number of hydrogen-bond acceptors (Lipinski definition) is 3. The molecule has 100 valence electrons. The largest absolute Gasteiger partial charge is 0.304 e. The predicted octanol–water partition coefficient (Wildman–Crippen LogP) is 3.97. The van der Waals surface area contributed by atoms with E-state index in [-0.39, 0.29) is 5.91 Å². The van der Waals surface area contributed by atoms with Crippen LogP contribution in [0.3, 0.4) is 0 Å². The number of benzene rings is 1. The zero-order chi connectivity index (χ0) is 14.1. The third kappa shape index (κ3) is 2.63. The number of rotatable bonds is 2. The molecule has 2 heterocycles. The topological polar surface area (TPSA) is 41.5 Å². The molecule has 6 heteroatoms. The molecule has 0 bridgehead atoms. The summed E-state index contributed by atoms with van der Waals surface area (Å²) in [7, 11) is 0. The third-order valence-electron chi connectivity index (χ3n) is 2.71. The van der Waals surface area contributed by atoms with Crippen LogP contribution < -0.4 is 5.32 Å². The first-order chi connectivity index (χ1) is 9.63. The minimum Gasteiger partial charge on any atom is -0.304 e. The number of aliphatic imine (C=N–C) groups is 1. The van der Waals surface area contributed by atoms with Gasteiger partial charge in [-0.05, 0) is 35.2 Å². The predicted molar refractivity (Wildman–Crippen MR) is 83.4 cm³/mol. The molecule has 0 unspecified atom stereocenters. The maximum absolute atomic E-state index is 11.9. The van der Waals surface area contributed by atoms with Gasteiger partial charge in [-0.25, -0.2) is 4.99 Å². The Balaban J connectivity index is 1.97. The smallest absolute Gasteiger partial charge is 0.275 e. The molecule has 0 saturated heterocycles. The molecule has 0 aliphatic carbocycles. The van der Waals surface area contributed by atoms with Crippen molar-refractivity contribution in [2.45, 2.75) is 0 Å². The molecule has 20 heavy (non-hydrogen) atoms. The van der Waals surface area contributed by atoms with Gasteiger partial charge in [0.05, 0.1) is 4.88 Å². The Morgan fingerprint density at radius 2 is 2.10 bits per heavy atom. The number of hydrogen-bond donors (Lipinski definition) is 1. The third-order valence-corrected chi connectivity index (χ3v) is 4.15. The SMILES string of the molecule is O=C1NC(c2cccs2)=N/C1=C\c1ccc(Cl)cc1Cl. The Bertz CT molecular complexity index is 736. The quantitative estimate of drug-likeness (QED) is 0.835. The zero-order valence-corrected chi connectivity index (χ0v) is 12.4. The van der Waals surface area contributed by atoms with E-state index in [1.54, 1.807) is 24.3 Å². The lowest BCUT2D eigenvalue weighted by atomic mass is 10.2. The Morgan fingerprint density at radius 1 is 1.25 bits per heavy atom. The number of nitrogens with zero attached hydrogens (tertiary/aromatic N) is 1. The number of carbonyl (C=O) groups is 1. The zero-order valence-electron chi connectivity index (χ0n) is 10.1. The summed E-state index contributed by atoms with van der Waals surface area (Å²) in [5.41, 5.74) is 1.04. The first-order valence-electron chi connectivity index (χ1n) is 5.74. The van der Waals surface area contributed by atoms with Gasteiger partial charge in [0, 0.05) is 10.0 Å². The number of amidine groups is 1. The van der Waals surface area contributed by atoms with Gasteiger partial charge in [-0.15, -0.1) is 11.3 Å². The van der Waals surface area contributed by atoms with Crippen LogP contribution in [-0.2, 0) is 4.79 Å². The van der Waals surface area contributed by atoms with E-state index in [0.29, 0.717) is 27.1 Å². The molecule has 1 aromatic carbocycles. The van der Waals surface area contributed by atoms with Crippen LogP contribution in [0.15, 0.2) is 46.4 Å². The molecular formula is C14H8Cl2N2OS. The lowest BCUT2D eigenvalue weighted by molar-refractivity contribution is -0.115. The Kier molecular flexibility index (Phi) is 3.61. The van der Waals surface area contributed by atoms with Crippen molar-refractivity contribution in [3.05, 3.63) is 61.9 Å². The van der Waals surface area contributed by atoms with Crippen LogP contribution in [0.4, 0.5) is 0 Å². The summed E-state index contributed by atoms with van der Waals surface area (Å²) in [5.74, 6) is 0.334. The van der Waals surface area contributed by atoms with Gasteiger partial charge >= 0.3 is 0 Å². The summed E-state index contributed by atoms with van der Waals surface area (Å²) in [5, 5.41) is 5.71. The summed E-state index contributed by atoms with van der Waals surface area (Å²) in [6.07, 6.45) is 1.65. The van der Waals surface area contributed by atoms with Gasteiger partial charge < -0.3 is 5.32 Å². The molecule has 1 aromatic heterocycles. The molecule has 2 aromatic rings. The number of nitrogens with one attached hydrogen (secondary N) is 1. The Labute approximate surface area is 129 Å². The second-order valence-electron chi connectivity index (χ2n) is 4.09. The van der Waals surface area contributed by atoms with Crippen molar-refractivity contribution in [2.75, 3.05) is 0 Å². The number of amides is 1. The lowest BCUT2D eigenvalue weighted by Crippen LogP contribution is -2.23. The van der Waals surface area contributed by atoms with Crippen molar-refractivity contribution < 1.29 is 4.79 Å². The Morgan fingerprint density at radius 3 is 2.80 bits per heavy atom. The molecule has 1 amide bonds. The maximum Gasteiger partial charge on any atom is 0.275 e. The highest BCUT2D eigenvalue weighted by Gasteiger charge is 2.21. The molecule has 0 spiro atoms. The van der Waals surface area contributed by atoms with Crippen LogP contribution in [0.25, 0.3) is 6.08 Å². The average molecular weight is 323 g/mol. The molecule has 0 radical (unpaired) electrons. The fourth-order valence-corrected chi connectivity index (χ4v) is 2.90. The first kappa shape index (κ1) is 13.4. The minimum absolute atomic E-state index is 0.237. The van der Waals surface area contributed by atoms with E-state index in [4.69, 9.17) is 23.2 Å². The van der Waals surface area contributed by atoms with Gasteiger partial charge in [0.1, 0.15) is 5.70 Å². The summed E-state index contributed by atoms with van der Waals surface area (Å²) in [6, 6.07) is 8.92. The van der Waals surface area contributed by atoms with Crippen LogP contribution in [0.2, 0.25) is 10.0 Å².